The number of ether oxygens (including phenoxy) is 1. The Hall–Kier alpha value is -2.90. The van der Waals surface area contributed by atoms with Gasteiger partial charge in [-0.1, -0.05) is 17.3 Å². The summed E-state index contributed by atoms with van der Waals surface area (Å²) in [7, 11) is 0. The third kappa shape index (κ3) is 3.96. The van der Waals surface area contributed by atoms with E-state index in [1.54, 1.807) is 36.1 Å². The van der Waals surface area contributed by atoms with Crippen LogP contribution in [0, 0.1) is 6.92 Å². The van der Waals surface area contributed by atoms with E-state index in [9.17, 15) is 9.59 Å². The highest BCUT2D eigenvalue weighted by Gasteiger charge is 2.29. The Morgan fingerprint density at radius 2 is 2.20 bits per heavy atom. The van der Waals surface area contributed by atoms with Crippen LogP contribution in [0.25, 0.3) is 0 Å². The van der Waals surface area contributed by atoms with E-state index in [1.165, 1.54) is 0 Å². The smallest absolute Gasteiger partial charge is 0.257 e. The molecule has 2 aromatic rings. The molecule has 2 N–H and O–H groups in total. The number of aromatic nitrogens is 2. The Labute approximate surface area is 144 Å². The van der Waals surface area contributed by atoms with Gasteiger partial charge in [-0.05, 0) is 31.9 Å². The monoisotopic (exact) mass is 344 g/mol. The number of primary amides is 1. The van der Waals surface area contributed by atoms with Crippen LogP contribution in [-0.4, -0.2) is 46.6 Å². The maximum Gasteiger partial charge on any atom is 0.257 e. The van der Waals surface area contributed by atoms with E-state index >= 15 is 0 Å². The molecule has 1 aliphatic rings. The predicted molar refractivity (Wildman–Crippen MR) is 88.0 cm³/mol. The molecule has 3 rings (SSSR count). The molecular formula is C17H20N4O4. The van der Waals surface area contributed by atoms with Crippen molar-refractivity contribution in [2.24, 2.45) is 5.73 Å². The third-order valence-corrected chi connectivity index (χ3v) is 4.09. The number of benzene rings is 1. The highest BCUT2D eigenvalue weighted by Crippen LogP contribution is 2.28. The van der Waals surface area contributed by atoms with Crippen molar-refractivity contribution < 1.29 is 18.8 Å². The summed E-state index contributed by atoms with van der Waals surface area (Å²) in [6, 6.07) is 6.83. The van der Waals surface area contributed by atoms with Gasteiger partial charge in [0, 0.05) is 13.1 Å². The molecule has 2 amide bonds. The number of carbonyl (C=O) groups is 2. The summed E-state index contributed by atoms with van der Waals surface area (Å²) in [5.74, 6) is 0.782. The second-order valence-corrected chi connectivity index (χ2v) is 6.02. The van der Waals surface area contributed by atoms with Gasteiger partial charge in [0.05, 0.1) is 11.5 Å². The number of aryl methyl sites for hydroxylation is 1. The first-order chi connectivity index (χ1) is 12.0. The molecule has 0 saturated carbocycles. The van der Waals surface area contributed by atoms with Crippen molar-refractivity contribution in [3.8, 4) is 5.75 Å². The van der Waals surface area contributed by atoms with Crippen LogP contribution in [0.5, 0.6) is 5.75 Å². The number of carbonyl (C=O) groups excluding carboxylic acids is 2. The lowest BCUT2D eigenvalue weighted by atomic mass is 9.97. The number of para-hydroxylation sites is 1. The number of hydrogen-bond acceptors (Lipinski definition) is 6. The summed E-state index contributed by atoms with van der Waals surface area (Å²) < 4.78 is 10.6. The Kier molecular flexibility index (Phi) is 4.97. The minimum atomic E-state index is -0.591. The molecule has 1 atom stereocenters. The van der Waals surface area contributed by atoms with E-state index < -0.39 is 5.91 Å². The summed E-state index contributed by atoms with van der Waals surface area (Å²) >= 11 is 0. The van der Waals surface area contributed by atoms with Gasteiger partial charge in [0.25, 0.3) is 11.8 Å². The number of nitrogens with two attached hydrogens (primary N) is 1. The van der Waals surface area contributed by atoms with Gasteiger partial charge in [-0.3, -0.25) is 9.59 Å². The molecule has 0 aliphatic carbocycles. The van der Waals surface area contributed by atoms with Gasteiger partial charge in [-0.15, -0.1) is 0 Å². The van der Waals surface area contributed by atoms with Crippen LogP contribution in [0.2, 0.25) is 0 Å². The zero-order chi connectivity index (χ0) is 17.8. The quantitative estimate of drug-likeness (QED) is 0.874. The zero-order valence-corrected chi connectivity index (χ0v) is 14.0. The van der Waals surface area contributed by atoms with Crippen molar-refractivity contribution in [1.29, 1.82) is 0 Å². The fourth-order valence-corrected chi connectivity index (χ4v) is 2.93. The van der Waals surface area contributed by atoms with E-state index in [0.29, 0.717) is 36.1 Å². The number of amides is 2. The molecule has 1 aromatic carbocycles. The van der Waals surface area contributed by atoms with Gasteiger partial charge >= 0.3 is 0 Å². The molecule has 0 spiro atoms. The Bertz CT molecular complexity index is 774. The lowest BCUT2D eigenvalue weighted by molar-refractivity contribution is -0.119. The molecule has 8 nitrogen and oxygen atoms in total. The predicted octanol–water partition coefficient (Wildman–Crippen LogP) is 1.26. The molecule has 0 bridgehead atoms. The number of rotatable bonds is 5. The van der Waals surface area contributed by atoms with Gasteiger partial charge in [0.15, 0.2) is 12.4 Å². The van der Waals surface area contributed by atoms with Gasteiger partial charge in [-0.2, -0.15) is 4.98 Å². The number of nitrogens with zero attached hydrogens (tertiary/aromatic N) is 3. The van der Waals surface area contributed by atoms with Crippen molar-refractivity contribution in [3.05, 3.63) is 41.5 Å². The van der Waals surface area contributed by atoms with Crippen molar-refractivity contribution in [2.75, 3.05) is 19.7 Å². The summed E-state index contributed by atoms with van der Waals surface area (Å²) in [5, 5.41) is 3.82. The third-order valence-electron chi connectivity index (χ3n) is 4.09. The van der Waals surface area contributed by atoms with Gasteiger partial charge in [0.2, 0.25) is 5.89 Å². The topological polar surface area (TPSA) is 112 Å². The largest absolute Gasteiger partial charge is 0.483 e. The van der Waals surface area contributed by atoms with E-state index in [0.717, 1.165) is 12.8 Å². The maximum absolute atomic E-state index is 12.9. The molecule has 0 radical (unpaired) electrons. The molecule has 132 valence electrons. The van der Waals surface area contributed by atoms with Crippen LogP contribution >= 0.6 is 0 Å². The minimum Gasteiger partial charge on any atom is -0.483 e. The Morgan fingerprint density at radius 1 is 1.40 bits per heavy atom. The van der Waals surface area contributed by atoms with Gasteiger partial charge < -0.3 is 19.9 Å². The standard InChI is InChI=1S/C17H20N4O4/c1-11-19-16(25-20-11)12-5-4-8-21(9-12)17(23)13-6-2-3-7-14(13)24-10-15(18)22/h2-3,6-7,12H,4-5,8-10H2,1H3,(H2,18,22). The lowest BCUT2D eigenvalue weighted by Crippen LogP contribution is -2.39. The van der Waals surface area contributed by atoms with E-state index in [4.69, 9.17) is 15.0 Å². The number of hydrogen-bond donors (Lipinski definition) is 1. The van der Waals surface area contributed by atoms with Crippen LogP contribution in [0.1, 0.15) is 40.8 Å². The van der Waals surface area contributed by atoms with Crippen molar-refractivity contribution >= 4 is 11.8 Å². The Balaban J connectivity index is 1.75. The summed E-state index contributed by atoms with van der Waals surface area (Å²) in [6.45, 7) is 2.65. The van der Waals surface area contributed by atoms with E-state index in [2.05, 4.69) is 10.1 Å². The molecule has 1 fully saturated rings. The molecule has 1 aromatic heterocycles. The van der Waals surface area contributed by atoms with Crippen molar-refractivity contribution in [1.82, 2.24) is 15.0 Å². The van der Waals surface area contributed by atoms with Gasteiger partial charge in [0.1, 0.15) is 5.75 Å². The van der Waals surface area contributed by atoms with Crippen LogP contribution in [-0.2, 0) is 4.79 Å². The SMILES string of the molecule is Cc1noc(C2CCCN(C(=O)c3ccccc3OCC(N)=O)C2)n1. The molecule has 8 heteroatoms. The first-order valence-corrected chi connectivity index (χ1v) is 8.14. The first-order valence-electron chi connectivity index (χ1n) is 8.14. The average molecular weight is 344 g/mol. The molecule has 1 aliphatic heterocycles. The number of piperidine rings is 1. The van der Waals surface area contributed by atoms with Crippen LogP contribution in [0.15, 0.2) is 28.8 Å². The highest BCUT2D eigenvalue weighted by molar-refractivity contribution is 5.97. The van der Waals surface area contributed by atoms with Gasteiger partial charge in [-0.25, -0.2) is 0 Å². The fourth-order valence-electron chi connectivity index (χ4n) is 2.93. The second-order valence-electron chi connectivity index (χ2n) is 6.02. The van der Waals surface area contributed by atoms with Crippen LogP contribution < -0.4 is 10.5 Å². The molecule has 1 saturated heterocycles. The second kappa shape index (κ2) is 7.33. The van der Waals surface area contributed by atoms with E-state index in [1.807, 2.05) is 0 Å². The molecule has 25 heavy (non-hydrogen) atoms. The normalized spacial score (nSPS) is 17.3. The average Bonchev–Trinajstić information content (AvgIpc) is 3.06. The molecule has 2 heterocycles. The fraction of sp³-hybridized carbons (Fsp3) is 0.412. The highest BCUT2D eigenvalue weighted by atomic mass is 16.5. The maximum atomic E-state index is 12.9. The number of likely N-dealkylation sites (tertiary alicyclic amines) is 1. The summed E-state index contributed by atoms with van der Waals surface area (Å²) in [4.78, 5) is 29.9. The van der Waals surface area contributed by atoms with Crippen LogP contribution in [0.3, 0.4) is 0 Å². The molecular weight excluding hydrogens is 324 g/mol. The van der Waals surface area contributed by atoms with Crippen LogP contribution in [0.4, 0.5) is 0 Å². The first kappa shape index (κ1) is 16.9. The Morgan fingerprint density at radius 3 is 2.92 bits per heavy atom. The molecule has 1 unspecified atom stereocenters. The summed E-state index contributed by atoms with van der Waals surface area (Å²) in [6.07, 6.45) is 1.74. The zero-order valence-electron chi connectivity index (χ0n) is 14.0. The van der Waals surface area contributed by atoms with E-state index in [-0.39, 0.29) is 18.4 Å². The van der Waals surface area contributed by atoms with Crippen molar-refractivity contribution in [2.45, 2.75) is 25.7 Å². The lowest BCUT2D eigenvalue weighted by Gasteiger charge is -2.31. The minimum absolute atomic E-state index is 0.0256. The summed E-state index contributed by atoms with van der Waals surface area (Å²) in [5.41, 5.74) is 5.52. The van der Waals surface area contributed by atoms with Crippen molar-refractivity contribution in [3.63, 3.8) is 0 Å².